The summed E-state index contributed by atoms with van der Waals surface area (Å²) in [5.74, 6) is 1.06. The molecule has 0 radical (unpaired) electrons. The maximum Gasteiger partial charge on any atom is 0.344 e. The van der Waals surface area contributed by atoms with E-state index in [-0.39, 0.29) is 0 Å². The Morgan fingerprint density at radius 1 is 0.966 bits per heavy atom. The van der Waals surface area contributed by atoms with Crippen LogP contribution in [-0.2, 0) is 6.61 Å². The molecule has 0 spiro atoms. The standard InChI is InChI=1S/C24H22O5/c1-14-4-6-16(7-5-14)13-28-23-12-21-19(11-22(23)27-3)18-9-8-17(15(2)25)10-20(18)24(26)29-21/h4-12,15,25H,13H2,1-3H3. The molecular weight excluding hydrogens is 368 g/mol. The number of methoxy groups -OCH3 is 1. The number of hydrogen-bond acceptors (Lipinski definition) is 5. The SMILES string of the molecule is COc1cc2c(cc1OCc1ccc(C)cc1)oc(=O)c1cc(C(C)O)ccc12. The highest BCUT2D eigenvalue weighted by atomic mass is 16.5. The zero-order valence-electron chi connectivity index (χ0n) is 16.6. The highest BCUT2D eigenvalue weighted by Gasteiger charge is 2.15. The summed E-state index contributed by atoms with van der Waals surface area (Å²) in [7, 11) is 1.58. The molecule has 0 aliphatic rings. The highest BCUT2D eigenvalue weighted by molar-refractivity contribution is 6.05. The van der Waals surface area contributed by atoms with Crippen molar-refractivity contribution in [3.8, 4) is 11.5 Å². The van der Waals surface area contributed by atoms with E-state index in [0.29, 0.717) is 34.6 Å². The molecule has 1 aromatic heterocycles. The van der Waals surface area contributed by atoms with Crippen molar-refractivity contribution in [2.24, 2.45) is 0 Å². The third-order valence-electron chi connectivity index (χ3n) is 5.02. The zero-order chi connectivity index (χ0) is 20.5. The van der Waals surface area contributed by atoms with Crippen LogP contribution in [0.15, 0.2) is 63.8 Å². The molecule has 0 aliphatic carbocycles. The van der Waals surface area contributed by atoms with Gasteiger partial charge in [0, 0.05) is 16.8 Å². The van der Waals surface area contributed by atoms with Crippen LogP contribution in [0.3, 0.4) is 0 Å². The second-order valence-corrected chi connectivity index (χ2v) is 7.14. The summed E-state index contributed by atoms with van der Waals surface area (Å²) in [6, 6.07) is 16.9. The van der Waals surface area contributed by atoms with Crippen LogP contribution in [0.1, 0.15) is 29.7 Å². The highest BCUT2D eigenvalue weighted by Crippen LogP contribution is 2.35. The summed E-state index contributed by atoms with van der Waals surface area (Å²) < 4.78 is 17.0. The molecule has 0 saturated heterocycles. The van der Waals surface area contributed by atoms with Crippen molar-refractivity contribution in [1.29, 1.82) is 0 Å². The molecule has 5 heteroatoms. The number of aliphatic hydroxyl groups excluding tert-OH is 1. The molecule has 4 rings (SSSR count). The van der Waals surface area contributed by atoms with Gasteiger partial charge in [0.15, 0.2) is 11.5 Å². The Kier molecular flexibility index (Phi) is 4.99. The van der Waals surface area contributed by atoms with E-state index < -0.39 is 11.7 Å². The Labute approximate surface area is 168 Å². The number of fused-ring (bicyclic) bond motifs is 3. The van der Waals surface area contributed by atoms with E-state index in [2.05, 4.69) is 0 Å². The topological polar surface area (TPSA) is 68.9 Å². The second kappa shape index (κ2) is 7.60. The van der Waals surface area contributed by atoms with Gasteiger partial charge in [-0.1, -0.05) is 42.0 Å². The van der Waals surface area contributed by atoms with Gasteiger partial charge in [-0.3, -0.25) is 0 Å². The maximum atomic E-state index is 12.5. The fourth-order valence-electron chi connectivity index (χ4n) is 3.33. The minimum Gasteiger partial charge on any atom is -0.493 e. The van der Waals surface area contributed by atoms with E-state index in [0.717, 1.165) is 16.3 Å². The average molecular weight is 390 g/mol. The fraction of sp³-hybridized carbons (Fsp3) is 0.208. The van der Waals surface area contributed by atoms with Gasteiger partial charge in [0.05, 0.1) is 18.6 Å². The zero-order valence-corrected chi connectivity index (χ0v) is 16.6. The van der Waals surface area contributed by atoms with Gasteiger partial charge >= 0.3 is 5.63 Å². The maximum absolute atomic E-state index is 12.5. The van der Waals surface area contributed by atoms with Crippen molar-refractivity contribution < 1.29 is 19.0 Å². The molecule has 1 atom stereocenters. The van der Waals surface area contributed by atoms with E-state index in [1.165, 1.54) is 5.56 Å². The molecule has 1 N–H and O–H groups in total. The largest absolute Gasteiger partial charge is 0.493 e. The summed E-state index contributed by atoms with van der Waals surface area (Å²) in [4.78, 5) is 12.5. The van der Waals surface area contributed by atoms with Gasteiger partial charge in [0.2, 0.25) is 0 Å². The molecular formula is C24H22O5. The van der Waals surface area contributed by atoms with Gasteiger partial charge in [-0.15, -0.1) is 0 Å². The first-order valence-electron chi connectivity index (χ1n) is 9.41. The van der Waals surface area contributed by atoms with E-state index in [1.807, 2.05) is 43.3 Å². The van der Waals surface area contributed by atoms with Crippen molar-refractivity contribution in [3.05, 3.63) is 81.7 Å². The van der Waals surface area contributed by atoms with Gasteiger partial charge in [0.1, 0.15) is 12.2 Å². The molecule has 0 aliphatic heterocycles. The molecule has 0 saturated carbocycles. The second-order valence-electron chi connectivity index (χ2n) is 7.14. The molecule has 0 fully saturated rings. The normalized spacial score (nSPS) is 12.3. The van der Waals surface area contributed by atoms with E-state index in [9.17, 15) is 9.90 Å². The van der Waals surface area contributed by atoms with Crippen LogP contribution in [0.25, 0.3) is 21.7 Å². The minimum atomic E-state index is -0.665. The predicted molar refractivity (Wildman–Crippen MR) is 113 cm³/mol. The van der Waals surface area contributed by atoms with Crippen LogP contribution in [0.5, 0.6) is 11.5 Å². The lowest BCUT2D eigenvalue weighted by Gasteiger charge is -2.13. The lowest BCUT2D eigenvalue weighted by atomic mass is 10.0. The first-order chi connectivity index (χ1) is 14.0. The Balaban J connectivity index is 1.79. The molecule has 5 nitrogen and oxygen atoms in total. The van der Waals surface area contributed by atoms with Gasteiger partial charge in [-0.25, -0.2) is 4.79 Å². The third-order valence-corrected chi connectivity index (χ3v) is 5.02. The van der Waals surface area contributed by atoms with Gasteiger partial charge in [-0.2, -0.15) is 0 Å². The van der Waals surface area contributed by atoms with Crippen LogP contribution in [0.4, 0.5) is 0 Å². The summed E-state index contributed by atoms with van der Waals surface area (Å²) in [5, 5.41) is 11.7. The number of benzene rings is 3. The first-order valence-corrected chi connectivity index (χ1v) is 9.41. The van der Waals surface area contributed by atoms with Crippen molar-refractivity contribution in [2.75, 3.05) is 7.11 Å². The average Bonchev–Trinajstić information content (AvgIpc) is 2.72. The summed E-state index contributed by atoms with van der Waals surface area (Å²) in [6.45, 7) is 4.07. The number of hydrogen-bond donors (Lipinski definition) is 1. The molecule has 0 amide bonds. The smallest absolute Gasteiger partial charge is 0.344 e. The molecule has 1 heterocycles. The van der Waals surface area contributed by atoms with Crippen molar-refractivity contribution in [3.63, 3.8) is 0 Å². The van der Waals surface area contributed by atoms with E-state index in [1.54, 1.807) is 32.2 Å². The van der Waals surface area contributed by atoms with Crippen LogP contribution in [0.2, 0.25) is 0 Å². The van der Waals surface area contributed by atoms with Crippen LogP contribution < -0.4 is 15.1 Å². The Morgan fingerprint density at radius 3 is 2.41 bits per heavy atom. The van der Waals surface area contributed by atoms with Crippen molar-refractivity contribution in [1.82, 2.24) is 0 Å². The number of rotatable bonds is 5. The number of aryl methyl sites for hydroxylation is 1. The Bertz CT molecular complexity index is 1240. The number of ether oxygens (including phenoxy) is 2. The monoisotopic (exact) mass is 390 g/mol. The molecule has 1 unspecified atom stereocenters. The predicted octanol–water partition coefficient (Wildman–Crippen LogP) is 4.90. The minimum absolute atomic E-state index is 0.373. The van der Waals surface area contributed by atoms with Crippen LogP contribution in [-0.4, -0.2) is 12.2 Å². The molecule has 4 aromatic rings. The molecule has 148 valence electrons. The van der Waals surface area contributed by atoms with Crippen molar-refractivity contribution in [2.45, 2.75) is 26.6 Å². The molecule has 3 aromatic carbocycles. The lowest BCUT2D eigenvalue weighted by molar-refractivity contribution is 0.199. The van der Waals surface area contributed by atoms with Crippen LogP contribution >= 0.6 is 0 Å². The van der Waals surface area contributed by atoms with Gasteiger partial charge in [0.25, 0.3) is 0 Å². The summed E-state index contributed by atoms with van der Waals surface area (Å²) in [6.07, 6.45) is -0.665. The van der Waals surface area contributed by atoms with Crippen LogP contribution in [0, 0.1) is 6.92 Å². The Morgan fingerprint density at radius 2 is 1.72 bits per heavy atom. The van der Waals surface area contributed by atoms with E-state index >= 15 is 0 Å². The van der Waals surface area contributed by atoms with Gasteiger partial charge in [-0.05, 0) is 37.1 Å². The molecule has 29 heavy (non-hydrogen) atoms. The van der Waals surface area contributed by atoms with E-state index in [4.69, 9.17) is 13.9 Å². The quantitative estimate of drug-likeness (QED) is 0.388. The van der Waals surface area contributed by atoms with Gasteiger partial charge < -0.3 is 19.0 Å². The van der Waals surface area contributed by atoms with Crippen molar-refractivity contribution >= 4 is 21.7 Å². The first kappa shape index (κ1) is 19.0. The lowest BCUT2D eigenvalue weighted by Crippen LogP contribution is -2.03. The Hall–Kier alpha value is -3.31. The summed E-state index contributed by atoms with van der Waals surface area (Å²) in [5.41, 5.74) is 2.85. The summed E-state index contributed by atoms with van der Waals surface area (Å²) >= 11 is 0. The number of aliphatic hydroxyl groups is 1. The molecule has 0 bridgehead atoms. The third kappa shape index (κ3) is 3.69. The fourth-order valence-corrected chi connectivity index (χ4v) is 3.33.